The molecule has 0 atom stereocenters. The summed E-state index contributed by atoms with van der Waals surface area (Å²) in [7, 11) is 0. The highest BCUT2D eigenvalue weighted by Gasteiger charge is 2.67. The van der Waals surface area contributed by atoms with Crippen molar-refractivity contribution in [3.05, 3.63) is 42.0 Å². The second kappa shape index (κ2) is 12.3. The number of carbonyl (C=O) groups excluding carboxylic acids is 3. The molecule has 4 aromatic rings. The Hall–Kier alpha value is -5.35. The first-order valence-electron chi connectivity index (χ1n) is 17.6. The number of imide groups is 1. The predicted octanol–water partition coefficient (Wildman–Crippen LogP) is 9.05. The van der Waals surface area contributed by atoms with Gasteiger partial charge in [0.25, 0.3) is 0 Å². The van der Waals surface area contributed by atoms with E-state index in [1.54, 1.807) is 53.7 Å². The average Bonchev–Trinajstić information content (AvgIpc) is 3.92. The first-order chi connectivity index (χ1) is 25.1. The van der Waals surface area contributed by atoms with Crippen LogP contribution < -0.4 is 20.3 Å². The zero-order valence-corrected chi connectivity index (χ0v) is 31.2. The van der Waals surface area contributed by atoms with Gasteiger partial charge < -0.3 is 28.6 Å². The molecule has 2 N–H and O–H groups in total. The molecule has 4 heterocycles. The van der Waals surface area contributed by atoms with Crippen LogP contribution in [0.15, 0.2) is 35.2 Å². The van der Waals surface area contributed by atoms with E-state index < -0.39 is 46.6 Å². The van der Waals surface area contributed by atoms with Crippen LogP contribution in [-0.2, 0) is 21.3 Å². The molecule has 0 spiro atoms. The number of hydrogen-bond acceptors (Lipinski definition) is 10. The molecule has 3 aromatic heterocycles. The van der Waals surface area contributed by atoms with E-state index in [9.17, 15) is 27.6 Å². The van der Waals surface area contributed by atoms with Gasteiger partial charge in [-0.1, -0.05) is 11.2 Å². The molecule has 1 aliphatic heterocycles. The molecule has 1 aromatic carbocycles. The van der Waals surface area contributed by atoms with E-state index in [0.29, 0.717) is 45.6 Å². The third kappa shape index (κ3) is 7.02. The fourth-order valence-electron chi connectivity index (χ4n) is 6.57. The highest BCUT2D eigenvalue weighted by atomic mass is 19.4. The molecule has 0 unspecified atom stereocenters. The van der Waals surface area contributed by atoms with Gasteiger partial charge in [-0.15, -0.1) is 0 Å². The number of amides is 4. The van der Waals surface area contributed by atoms with E-state index in [-0.39, 0.29) is 36.3 Å². The second-order valence-electron chi connectivity index (χ2n) is 16.6. The summed E-state index contributed by atoms with van der Waals surface area (Å²) in [5.41, 5.74) is -1.92. The van der Waals surface area contributed by atoms with Crippen molar-refractivity contribution in [3.8, 4) is 16.9 Å². The van der Waals surface area contributed by atoms with Gasteiger partial charge >= 0.3 is 24.4 Å². The standard InChI is InChI=1S/C37H42F3N7O7/c1-33(2,3)52-31(49)47(32(50)53-34(4,5)6)29-26-22(17-46(19-9-10-19)28(26)41-18-42-29)20-11-12-23(27-21(20)16-35(7,8)51-27)43-30(48)44-25-15-24(54-45-25)36(13-14-36)37(38,39)40/h11-12,15,17-19H,9-10,13-14,16H2,1-8H3,(H2,43,44,45,48). The minimum absolute atomic E-state index is 0.0307. The Kier molecular flexibility index (Phi) is 8.46. The number of carbonyl (C=O) groups is 3. The Morgan fingerprint density at radius 1 is 0.944 bits per heavy atom. The maximum atomic E-state index is 13.8. The van der Waals surface area contributed by atoms with Crippen LogP contribution in [0, 0.1) is 0 Å². The molecule has 2 fully saturated rings. The van der Waals surface area contributed by atoms with Crippen molar-refractivity contribution in [2.24, 2.45) is 0 Å². The van der Waals surface area contributed by atoms with Gasteiger partial charge in [0.1, 0.15) is 39.9 Å². The van der Waals surface area contributed by atoms with Crippen molar-refractivity contribution in [1.29, 1.82) is 0 Å². The third-order valence-corrected chi connectivity index (χ3v) is 9.19. The number of nitrogens with zero attached hydrogens (tertiary/aromatic N) is 5. The van der Waals surface area contributed by atoms with Crippen LogP contribution in [0.2, 0.25) is 0 Å². The number of urea groups is 1. The van der Waals surface area contributed by atoms with E-state index in [0.717, 1.165) is 23.8 Å². The Morgan fingerprint density at radius 2 is 1.59 bits per heavy atom. The van der Waals surface area contributed by atoms with Gasteiger partial charge in [0.05, 0.1) is 11.1 Å². The number of nitrogens with one attached hydrogen (secondary N) is 2. The zero-order chi connectivity index (χ0) is 39.2. The number of fused-ring (bicyclic) bond motifs is 2. The highest BCUT2D eigenvalue weighted by molar-refractivity contribution is 6.16. The number of halogens is 3. The van der Waals surface area contributed by atoms with Gasteiger partial charge in [0, 0.05) is 35.9 Å². The number of aromatic nitrogens is 4. The van der Waals surface area contributed by atoms with E-state index in [1.165, 1.54) is 6.33 Å². The van der Waals surface area contributed by atoms with E-state index >= 15 is 0 Å². The molecular weight excluding hydrogens is 711 g/mol. The zero-order valence-electron chi connectivity index (χ0n) is 31.2. The fraction of sp³-hybridized carbons (Fsp3) is 0.514. The smallest absolute Gasteiger partial charge is 0.425 e. The van der Waals surface area contributed by atoms with Crippen LogP contribution in [0.25, 0.3) is 22.2 Å². The molecule has 3 aliphatic rings. The molecule has 0 bridgehead atoms. The van der Waals surface area contributed by atoms with Crippen LogP contribution in [0.1, 0.15) is 98.4 Å². The Bertz CT molecular complexity index is 2140. The molecule has 0 radical (unpaired) electrons. The van der Waals surface area contributed by atoms with E-state index in [1.807, 2.05) is 24.6 Å². The van der Waals surface area contributed by atoms with Gasteiger partial charge in [-0.3, -0.25) is 5.32 Å². The van der Waals surface area contributed by atoms with Gasteiger partial charge in [-0.25, -0.2) is 24.4 Å². The first kappa shape index (κ1) is 37.0. The third-order valence-electron chi connectivity index (χ3n) is 9.19. The SMILES string of the molecule is CC(C)(C)OC(=O)N(C(=O)OC(C)(C)C)c1ncnc2c1c(-c1ccc(NC(=O)Nc3cc(C4(C(F)(F)F)CC4)on3)c3c1CC(C)(C)O3)cn2C1CC1. The lowest BCUT2D eigenvalue weighted by molar-refractivity contribution is -0.165. The fourth-order valence-corrected chi connectivity index (χ4v) is 6.57. The maximum Gasteiger partial charge on any atom is 0.425 e. The number of anilines is 3. The number of alkyl halides is 3. The van der Waals surface area contributed by atoms with Crippen molar-refractivity contribution in [2.45, 2.75) is 122 Å². The number of benzene rings is 1. The minimum Gasteiger partial charge on any atom is -0.485 e. The van der Waals surface area contributed by atoms with Crippen LogP contribution in [0.5, 0.6) is 5.75 Å². The van der Waals surface area contributed by atoms with Crippen LogP contribution in [0.3, 0.4) is 0 Å². The molecule has 54 heavy (non-hydrogen) atoms. The maximum absolute atomic E-state index is 13.8. The van der Waals surface area contributed by atoms with Gasteiger partial charge in [0.2, 0.25) is 0 Å². The normalized spacial score (nSPS) is 17.4. The average molecular weight is 754 g/mol. The van der Waals surface area contributed by atoms with Crippen molar-refractivity contribution >= 4 is 46.6 Å². The number of hydrogen-bond donors (Lipinski definition) is 2. The summed E-state index contributed by atoms with van der Waals surface area (Å²) >= 11 is 0. The minimum atomic E-state index is -4.50. The summed E-state index contributed by atoms with van der Waals surface area (Å²) < 4.78 is 65.6. The molecule has 2 saturated carbocycles. The lowest BCUT2D eigenvalue weighted by Gasteiger charge is -2.28. The molecular formula is C37H42F3N7O7. The Morgan fingerprint density at radius 3 is 2.17 bits per heavy atom. The largest absolute Gasteiger partial charge is 0.485 e. The van der Waals surface area contributed by atoms with Gasteiger partial charge in [-0.05, 0) is 92.7 Å². The molecule has 17 heteroatoms. The number of rotatable bonds is 6. The lowest BCUT2D eigenvalue weighted by Crippen LogP contribution is -2.44. The highest BCUT2D eigenvalue weighted by Crippen LogP contribution is 2.59. The number of ether oxygens (including phenoxy) is 3. The monoisotopic (exact) mass is 753 g/mol. The summed E-state index contributed by atoms with van der Waals surface area (Å²) in [5.74, 6) is -0.194. The molecule has 14 nitrogen and oxygen atoms in total. The van der Waals surface area contributed by atoms with Crippen molar-refractivity contribution in [3.63, 3.8) is 0 Å². The summed E-state index contributed by atoms with van der Waals surface area (Å²) in [6.45, 7) is 13.9. The van der Waals surface area contributed by atoms with Crippen LogP contribution >= 0.6 is 0 Å². The summed E-state index contributed by atoms with van der Waals surface area (Å²) in [6.07, 6.45) is -1.27. The Labute approximate surface area is 308 Å². The van der Waals surface area contributed by atoms with Crippen LogP contribution in [-0.4, -0.2) is 60.9 Å². The van der Waals surface area contributed by atoms with Gasteiger partial charge in [-0.2, -0.15) is 18.1 Å². The van der Waals surface area contributed by atoms with Crippen molar-refractivity contribution in [2.75, 3.05) is 15.5 Å². The molecule has 288 valence electrons. The van der Waals surface area contributed by atoms with Crippen molar-refractivity contribution in [1.82, 2.24) is 19.7 Å². The van der Waals surface area contributed by atoms with Crippen molar-refractivity contribution < 1.29 is 46.3 Å². The first-order valence-corrected chi connectivity index (χ1v) is 17.6. The summed E-state index contributed by atoms with van der Waals surface area (Å²) in [6, 6.07) is 3.85. The van der Waals surface area contributed by atoms with E-state index in [4.69, 9.17) is 18.7 Å². The van der Waals surface area contributed by atoms with Crippen LogP contribution in [0.4, 0.5) is 44.9 Å². The summed E-state index contributed by atoms with van der Waals surface area (Å²) in [5, 5.41) is 9.23. The summed E-state index contributed by atoms with van der Waals surface area (Å²) in [4.78, 5) is 50.6. The second-order valence-corrected chi connectivity index (χ2v) is 16.6. The Balaban J connectivity index is 1.29. The van der Waals surface area contributed by atoms with E-state index in [2.05, 4.69) is 25.8 Å². The predicted molar refractivity (Wildman–Crippen MR) is 191 cm³/mol. The quantitative estimate of drug-likeness (QED) is 0.194. The van der Waals surface area contributed by atoms with Gasteiger partial charge in [0.15, 0.2) is 17.4 Å². The molecule has 7 rings (SSSR count). The topological polar surface area (TPSA) is 163 Å². The molecule has 4 amide bonds. The lowest BCUT2D eigenvalue weighted by atomic mass is 9.93. The molecule has 2 aliphatic carbocycles. The molecule has 0 saturated heterocycles.